The Bertz CT molecular complexity index is 1060. The number of nitro groups is 1. The van der Waals surface area contributed by atoms with Gasteiger partial charge >= 0.3 is 0 Å². The maximum Gasteiger partial charge on any atom is 0.274 e. The number of nitrogens with zero attached hydrogens (tertiary/aromatic N) is 1. The summed E-state index contributed by atoms with van der Waals surface area (Å²) in [7, 11) is 0. The zero-order chi connectivity index (χ0) is 20.1. The molecule has 1 N–H and O–H groups in total. The Morgan fingerprint density at radius 3 is 2.36 bits per heavy atom. The van der Waals surface area contributed by atoms with Crippen molar-refractivity contribution in [3.63, 3.8) is 0 Å². The quantitative estimate of drug-likeness (QED) is 0.260. The minimum atomic E-state index is -0.470. The van der Waals surface area contributed by atoms with E-state index in [2.05, 4.69) is 5.32 Å². The molecule has 3 rings (SSSR count). The van der Waals surface area contributed by atoms with Crippen molar-refractivity contribution >= 4 is 40.5 Å². The molecule has 0 aliphatic rings. The van der Waals surface area contributed by atoms with E-state index >= 15 is 0 Å². The number of rotatable bonds is 5. The van der Waals surface area contributed by atoms with E-state index < -0.39 is 4.92 Å². The summed E-state index contributed by atoms with van der Waals surface area (Å²) >= 11 is 6.25. The van der Waals surface area contributed by atoms with E-state index in [4.69, 9.17) is 11.6 Å². The molecule has 0 fully saturated rings. The molecular weight excluding hydrogens is 376 g/mol. The summed E-state index contributed by atoms with van der Waals surface area (Å²) in [5, 5.41) is 14.5. The number of carbonyl (C=O) groups is 1. The fourth-order valence-electron chi connectivity index (χ4n) is 2.79. The minimum absolute atomic E-state index is 0.0471. The standard InChI is InChI=1S/C22H17ClN2O3/c1-15-20(12-7-13-21(15)25(27)28)24-22(26)18(16-8-3-2-4-9-16)14-17-10-5-6-11-19(17)23/h2-14H,1H3,(H,24,26)/b18-14+. The highest BCUT2D eigenvalue weighted by atomic mass is 35.5. The van der Waals surface area contributed by atoms with Crippen LogP contribution in [-0.2, 0) is 4.79 Å². The van der Waals surface area contributed by atoms with E-state index in [9.17, 15) is 14.9 Å². The molecule has 0 saturated heterocycles. The Balaban J connectivity index is 2.03. The number of benzene rings is 3. The van der Waals surface area contributed by atoms with Crippen LogP contribution in [0.1, 0.15) is 16.7 Å². The highest BCUT2D eigenvalue weighted by Gasteiger charge is 2.18. The third kappa shape index (κ3) is 4.27. The predicted molar refractivity (Wildman–Crippen MR) is 112 cm³/mol. The molecule has 0 heterocycles. The number of anilines is 1. The Morgan fingerprint density at radius 1 is 1.00 bits per heavy atom. The van der Waals surface area contributed by atoms with Crippen molar-refractivity contribution in [2.45, 2.75) is 6.92 Å². The van der Waals surface area contributed by atoms with Gasteiger partial charge in [0.05, 0.1) is 16.2 Å². The maximum absolute atomic E-state index is 13.1. The van der Waals surface area contributed by atoms with Crippen molar-refractivity contribution in [2.24, 2.45) is 0 Å². The van der Waals surface area contributed by atoms with Gasteiger partial charge in [-0.25, -0.2) is 0 Å². The molecule has 3 aromatic rings. The van der Waals surface area contributed by atoms with Gasteiger partial charge in [-0.3, -0.25) is 14.9 Å². The summed E-state index contributed by atoms with van der Waals surface area (Å²) in [4.78, 5) is 23.8. The second kappa shape index (κ2) is 8.50. The van der Waals surface area contributed by atoms with Crippen LogP contribution in [0, 0.1) is 17.0 Å². The average molecular weight is 393 g/mol. The first-order chi connectivity index (χ1) is 13.5. The molecular formula is C22H17ClN2O3. The van der Waals surface area contributed by atoms with Crippen LogP contribution in [-0.4, -0.2) is 10.8 Å². The number of nitrogens with one attached hydrogen (secondary N) is 1. The highest BCUT2D eigenvalue weighted by molar-refractivity contribution is 6.34. The molecule has 0 bridgehead atoms. The lowest BCUT2D eigenvalue weighted by Crippen LogP contribution is -2.15. The van der Waals surface area contributed by atoms with Crippen LogP contribution in [0.3, 0.4) is 0 Å². The normalized spacial score (nSPS) is 11.1. The lowest BCUT2D eigenvalue weighted by Gasteiger charge is -2.12. The van der Waals surface area contributed by atoms with E-state index in [1.807, 2.05) is 48.5 Å². The summed E-state index contributed by atoms with van der Waals surface area (Å²) in [6.45, 7) is 1.60. The third-order valence-corrected chi connectivity index (χ3v) is 4.63. The number of hydrogen-bond acceptors (Lipinski definition) is 3. The molecule has 140 valence electrons. The minimum Gasteiger partial charge on any atom is -0.321 e. The zero-order valence-corrected chi connectivity index (χ0v) is 15.8. The van der Waals surface area contributed by atoms with Gasteiger partial charge in [-0.15, -0.1) is 0 Å². The van der Waals surface area contributed by atoms with Crippen molar-refractivity contribution in [3.8, 4) is 0 Å². The highest BCUT2D eigenvalue weighted by Crippen LogP contribution is 2.28. The largest absolute Gasteiger partial charge is 0.321 e. The van der Waals surface area contributed by atoms with E-state index in [1.54, 1.807) is 31.2 Å². The molecule has 0 aliphatic heterocycles. The third-order valence-electron chi connectivity index (χ3n) is 4.28. The molecule has 0 aromatic heterocycles. The van der Waals surface area contributed by atoms with Crippen LogP contribution in [0.25, 0.3) is 11.6 Å². The molecule has 0 unspecified atom stereocenters. The van der Waals surface area contributed by atoms with Crippen LogP contribution < -0.4 is 5.32 Å². The van der Waals surface area contributed by atoms with Gasteiger partial charge in [0, 0.05) is 16.7 Å². The second-order valence-electron chi connectivity index (χ2n) is 6.11. The monoisotopic (exact) mass is 392 g/mol. The predicted octanol–water partition coefficient (Wildman–Crippen LogP) is 5.74. The fraction of sp³-hybridized carbons (Fsp3) is 0.0455. The number of carbonyl (C=O) groups excluding carboxylic acids is 1. The molecule has 0 saturated carbocycles. The van der Waals surface area contributed by atoms with Crippen molar-refractivity contribution in [2.75, 3.05) is 5.32 Å². The summed E-state index contributed by atoms with van der Waals surface area (Å²) < 4.78 is 0. The van der Waals surface area contributed by atoms with Crippen LogP contribution >= 0.6 is 11.6 Å². The van der Waals surface area contributed by atoms with Crippen molar-refractivity contribution in [1.29, 1.82) is 0 Å². The number of hydrogen-bond donors (Lipinski definition) is 1. The van der Waals surface area contributed by atoms with Crippen LogP contribution in [0.2, 0.25) is 5.02 Å². The first-order valence-corrected chi connectivity index (χ1v) is 8.92. The molecule has 5 nitrogen and oxygen atoms in total. The van der Waals surface area contributed by atoms with E-state index in [1.165, 1.54) is 6.07 Å². The van der Waals surface area contributed by atoms with Gasteiger partial charge in [0.15, 0.2) is 0 Å². The molecule has 6 heteroatoms. The first-order valence-electron chi connectivity index (χ1n) is 8.54. The number of nitro benzene ring substituents is 1. The van der Waals surface area contributed by atoms with E-state index in [0.29, 0.717) is 33.0 Å². The Hall–Kier alpha value is -3.44. The molecule has 1 amide bonds. The van der Waals surface area contributed by atoms with Gasteiger partial charge in [-0.1, -0.05) is 66.2 Å². The molecule has 0 spiro atoms. The van der Waals surface area contributed by atoms with Gasteiger partial charge in [0.1, 0.15) is 0 Å². The summed E-state index contributed by atoms with van der Waals surface area (Å²) in [6, 6.07) is 21.0. The Morgan fingerprint density at radius 2 is 1.68 bits per heavy atom. The van der Waals surface area contributed by atoms with E-state index in [-0.39, 0.29) is 11.6 Å². The fourth-order valence-corrected chi connectivity index (χ4v) is 2.98. The lowest BCUT2D eigenvalue weighted by molar-refractivity contribution is -0.385. The maximum atomic E-state index is 13.1. The Kier molecular flexibility index (Phi) is 5.87. The average Bonchev–Trinajstić information content (AvgIpc) is 2.69. The summed E-state index contributed by atoms with van der Waals surface area (Å²) in [6.07, 6.45) is 1.71. The van der Waals surface area contributed by atoms with E-state index in [0.717, 1.165) is 0 Å². The molecule has 0 radical (unpaired) electrons. The van der Waals surface area contributed by atoms with Crippen LogP contribution in [0.4, 0.5) is 11.4 Å². The van der Waals surface area contributed by atoms with Gasteiger partial charge in [0.25, 0.3) is 11.6 Å². The van der Waals surface area contributed by atoms with Crippen molar-refractivity contribution < 1.29 is 9.72 Å². The SMILES string of the molecule is Cc1c(NC(=O)/C(=C/c2ccccc2Cl)c2ccccc2)cccc1[N+](=O)[O-]. The topological polar surface area (TPSA) is 72.2 Å². The first kappa shape index (κ1) is 19.3. The van der Waals surface area contributed by atoms with Gasteiger partial charge < -0.3 is 5.32 Å². The molecule has 28 heavy (non-hydrogen) atoms. The summed E-state index contributed by atoms with van der Waals surface area (Å²) in [5.74, 6) is -0.380. The zero-order valence-electron chi connectivity index (χ0n) is 15.1. The number of halogens is 1. The lowest BCUT2D eigenvalue weighted by atomic mass is 10.0. The second-order valence-corrected chi connectivity index (χ2v) is 6.51. The summed E-state index contributed by atoms with van der Waals surface area (Å²) in [5.41, 5.74) is 2.55. The smallest absolute Gasteiger partial charge is 0.274 e. The van der Waals surface area contributed by atoms with Gasteiger partial charge in [-0.2, -0.15) is 0 Å². The molecule has 0 atom stereocenters. The van der Waals surface area contributed by atoms with Gasteiger partial charge in [-0.05, 0) is 36.3 Å². The van der Waals surface area contributed by atoms with Crippen LogP contribution in [0.5, 0.6) is 0 Å². The molecule has 0 aliphatic carbocycles. The van der Waals surface area contributed by atoms with Crippen molar-refractivity contribution in [1.82, 2.24) is 0 Å². The van der Waals surface area contributed by atoms with Gasteiger partial charge in [0.2, 0.25) is 0 Å². The van der Waals surface area contributed by atoms with Crippen molar-refractivity contribution in [3.05, 3.63) is 105 Å². The van der Waals surface area contributed by atoms with Crippen LogP contribution in [0.15, 0.2) is 72.8 Å². The number of amides is 1. The molecule has 3 aromatic carbocycles. The Labute approximate surface area is 167 Å².